The van der Waals surface area contributed by atoms with Crippen LogP contribution in [0.3, 0.4) is 0 Å². The van der Waals surface area contributed by atoms with Crippen LogP contribution in [0.5, 0.6) is 0 Å². The Kier molecular flexibility index (Phi) is 8.04. The van der Waals surface area contributed by atoms with Gasteiger partial charge in [0.25, 0.3) is 0 Å². The summed E-state index contributed by atoms with van der Waals surface area (Å²) in [6.07, 6.45) is -0.915. The van der Waals surface area contributed by atoms with Crippen LogP contribution in [-0.2, 0) is 44.6 Å². The molecule has 0 saturated carbocycles. The van der Waals surface area contributed by atoms with Crippen molar-refractivity contribution < 1.29 is 24.1 Å². The normalized spacial score (nSPS) is 22.3. The maximum Gasteiger partial charge on any atom is 0.240 e. The molecule has 210 valence electrons. The third-order valence-electron chi connectivity index (χ3n) is 7.18. The third kappa shape index (κ3) is 5.85. The van der Waals surface area contributed by atoms with Gasteiger partial charge in [0.05, 0.1) is 26.4 Å². The lowest BCUT2D eigenvalue weighted by Gasteiger charge is -2.30. The van der Waals surface area contributed by atoms with E-state index in [2.05, 4.69) is 10.1 Å². The summed E-state index contributed by atoms with van der Waals surface area (Å²) >= 11 is 0. The number of hydrogen-bond acceptors (Lipinski definition) is 8. The number of nitrogen functional groups attached to an aromatic ring is 1. The van der Waals surface area contributed by atoms with Crippen LogP contribution < -0.4 is 5.73 Å². The number of aromatic nitrogens is 3. The summed E-state index contributed by atoms with van der Waals surface area (Å²) in [6.45, 7) is 1.09. The number of fused-ring (bicyclic) bond motifs is 1. The Morgan fingerprint density at radius 2 is 1.37 bits per heavy atom. The summed E-state index contributed by atoms with van der Waals surface area (Å²) in [6, 6.07) is 33.0. The molecule has 6 rings (SSSR count). The first-order valence-electron chi connectivity index (χ1n) is 13.5. The Hall–Kier alpha value is -4.12. The first kappa shape index (κ1) is 27.1. The van der Waals surface area contributed by atoms with E-state index in [-0.39, 0.29) is 19.0 Å². The number of ether oxygens (including phenoxy) is 4. The SMILES string of the molecule is Nc1ncnn2c([C@@]3(O)OC(COCc4ccccc4)C(OCc4ccccc4)C3OCc3ccccc3)ccc12. The Morgan fingerprint density at radius 3 is 2.00 bits per heavy atom. The summed E-state index contributed by atoms with van der Waals surface area (Å²) in [5.41, 5.74) is 9.98. The number of nitrogens with two attached hydrogens (primary N) is 1. The summed E-state index contributed by atoms with van der Waals surface area (Å²) in [5.74, 6) is -1.64. The highest BCUT2D eigenvalue weighted by molar-refractivity contribution is 5.65. The van der Waals surface area contributed by atoms with Gasteiger partial charge in [-0.25, -0.2) is 9.50 Å². The van der Waals surface area contributed by atoms with E-state index in [1.165, 1.54) is 10.8 Å². The molecule has 3 aromatic carbocycles. The minimum Gasteiger partial charge on any atom is -0.382 e. The molecule has 3 heterocycles. The molecule has 1 saturated heterocycles. The predicted molar refractivity (Wildman–Crippen MR) is 152 cm³/mol. The number of aliphatic hydroxyl groups is 1. The number of hydrogen-bond donors (Lipinski definition) is 2. The van der Waals surface area contributed by atoms with Gasteiger partial charge in [0.15, 0.2) is 5.82 Å². The maximum absolute atomic E-state index is 12.3. The van der Waals surface area contributed by atoms with Gasteiger partial charge in [-0.1, -0.05) is 91.0 Å². The highest BCUT2D eigenvalue weighted by Crippen LogP contribution is 2.42. The molecule has 3 unspecified atom stereocenters. The Labute approximate surface area is 238 Å². The highest BCUT2D eigenvalue weighted by atomic mass is 16.7. The summed E-state index contributed by atoms with van der Waals surface area (Å²) in [4.78, 5) is 4.07. The van der Waals surface area contributed by atoms with Crippen molar-refractivity contribution in [1.29, 1.82) is 0 Å². The van der Waals surface area contributed by atoms with Gasteiger partial charge in [0, 0.05) is 0 Å². The summed E-state index contributed by atoms with van der Waals surface area (Å²) in [5, 5.41) is 16.7. The molecule has 0 aliphatic carbocycles. The molecule has 9 nitrogen and oxygen atoms in total. The van der Waals surface area contributed by atoms with Crippen LogP contribution >= 0.6 is 0 Å². The average molecular weight is 553 g/mol. The molecule has 5 aromatic rings. The Bertz CT molecular complexity index is 1550. The second kappa shape index (κ2) is 12.2. The molecule has 0 amide bonds. The first-order chi connectivity index (χ1) is 20.1. The van der Waals surface area contributed by atoms with Crippen LogP contribution in [0, 0.1) is 0 Å². The van der Waals surface area contributed by atoms with E-state index in [0.29, 0.717) is 24.4 Å². The minimum absolute atomic E-state index is 0.169. The Balaban J connectivity index is 1.33. The van der Waals surface area contributed by atoms with E-state index >= 15 is 0 Å². The quantitative estimate of drug-likeness (QED) is 0.250. The van der Waals surface area contributed by atoms with Crippen LogP contribution in [-0.4, -0.2) is 44.6 Å². The first-order valence-corrected chi connectivity index (χ1v) is 13.5. The zero-order valence-corrected chi connectivity index (χ0v) is 22.5. The van der Waals surface area contributed by atoms with Gasteiger partial charge in [0.2, 0.25) is 5.79 Å². The molecule has 9 heteroatoms. The van der Waals surface area contributed by atoms with Crippen molar-refractivity contribution in [3.63, 3.8) is 0 Å². The highest BCUT2D eigenvalue weighted by Gasteiger charge is 2.58. The van der Waals surface area contributed by atoms with Gasteiger partial charge in [-0.05, 0) is 28.8 Å². The van der Waals surface area contributed by atoms with Crippen molar-refractivity contribution >= 4 is 11.3 Å². The van der Waals surface area contributed by atoms with Crippen LogP contribution in [0.2, 0.25) is 0 Å². The fraction of sp³-hybridized carbons (Fsp3) is 0.250. The molecular weight excluding hydrogens is 520 g/mol. The average Bonchev–Trinajstić information content (AvgIpc) is 3.57. The minimum atomic E-state index is -1.93. The lowest BCUT2D eigenvalue weighted by molar-refractivity contribution is -0.255. The molecule has 3 N–H and O–H groups in total. The van der Waals surface area contributed by atoms with Crippen LogP contribution in [0.1, 0.15) is 22.4 Å². The van der Waals surface area contributed by atoms with Crippen LogP contribution in [0.4, 0.5) is 5.82 Å². The maximum atomic E-state index is 12.3. The standard InChI is InChI=1S/C32H32N4O5/c33-31-26-16-17-28(36(26)35-22-34-31)32(37)30(40-20-25-14-8-3-9-15-25)29(39-19-24-12-6-2-7-13-24)27(41-32)21-38-18-23-10-4-1-5-11-23/h1-17,22,27,29-30,37H,18-21H2,(H2,33,34,35)/t27?,29?,30?,32-/m1/s1. The summed E-state index contributed by atoms with van der Waals surface area (Å²) < 4.78 is 27.0. The van der Waals surface area contributed by atoms with Crippen molar-refractivity contribution in [3.8, 4) is 0 Å². The van der Waals surface area contributed by atoms with E-state index in [9.17, 15) is 5.11 Å². The van der Waals surface area contributed by atoms with E-state index < -0.39 is 24.1 Å². The number of rotatable bonds is 11. The molecule has 41 heavy (non-hydrogen) atoms. The molecule has 2 aromatic heterocycles. The number of anilines is 1. The fourth-order valence-electron chi connectivity index (χ4n) is 5.14. The zero-order valence-electron chi connectivity index (χ0n) is 22.5. The third-order valence-corrected chi connectivity index (χ3v) is 7.18. The van der Waals surface area contributed by atoms with Crippen LogP contribution in [0.15, 0.2) is 109 Å². The largest absolute Gasteiger partial charge is 0.382 e. The fourth-order valence-corrected chi connectivity index (χ4v) is 5.14. The molecule has 0 spiro atoms. The number of benzene rings is 3. The molecule has 1 aliphatic heterocycles. The number of nitrogens with zero attached hydrogens (tertiary/aromatic N) is 3. The lowest BCUT2D eigenvalue weighted by Crippen LogP contribution is -2.45. The monoisotopic (exact) mass is 552 g/mol. The van der Waals surface area contributed by atoms with Gasteiger partial charge in [-0.3, -0.25) is 0 Å². The lowest BCUT2D eigenvalue weighted by atomic mass is 10.0. The van der Waals surface area contributed by atoms with E-state index in [1.54, 1.807) is 12.1 Å². The second-order valence-electron chi connectivity index (χ2n) is 9.99. The van der Waals surface area contributed by atoms with Gasteiger partial charge in [-0.15, -0.1) is 0 Å². The molecule has 4 atom stereocenters. The Morgan fingerprint density at radius 1 is 0.780 bits per heavy atom. The van der Waals surface area contributed by atoms with Gasteiger partial charge in [0.1, 0.15) is 35.8 Å². The smallest absolute Gasteiger partial charge is 0.240 e. The van der Waals surface area contributed by atoms with Crippen molar-refractivity contribution in [3.05, 3.63) is 132 Å². The van der Waals surface area contributed by atoms with E-state index in [1.807, 2.05) is 91.0 Å². The molecule has 1 fully saturated rings. The summed E-state index contributed by atoms with van der Waals surface area (Å²) in [7, 11) is 0. The molecule has 1 aliphatic rings. The second-order valence-corrected chi connectivity index (χ2v) is 9.99. The predicted octanol–water partition coefficient (Wildman–Crippen LogP) is 4.24. The molecule has 0 bridgehead atoms. The molecular formula is C32H32N4O5. The van der Waals surface area contributed by atoms with E-state index in [4.69, 9.17) is 24.7 Å². The van der Waals surface area contributed by atoms with Crippen molar-refractivity contribution in [2.45, 2.75) is 43.9 Å². The van der Waals surface area contributed by atoms with Crippen LogP contribution in [0.25, 0.3) is 5.52 Å². The van der Waals surface area contributed by atoms with Gasteiger partial charge >= 0.3 is 0 Å². The van der Waals surface area contributed by atoms with Gasteiger partial charge in [-0.2, -0.15) is 5.10 Å². The topological polar surface area (TPSA) is 113 Å². The zero-order chi connectivity index (χ0) is 28.1. The van der Waals surface area contributed by atoms with Gasteiger partial charge < -0.3 is 29.8 Å². The van der Waals surface area contributed by atoms with Crippen molar-refractivity contribution in [2.75, 3.05) is 12.3 Å². The van der Waals surface area contributed by atoms with Crippen molar-refractivity contribution in [2.24, 2.45) is 0 Å². The van der Waals surface area contributed by atoms with Crippen molar-refractivity contribution in [1.82, 2.24) is 14.6 Å². The molecule has 0 radical (unpaired) electrons. The van der Waals surface area contributed by atoms with E-state index in [0.717, 1.165) is 16.7 Å².